The van der Waals surface area contributed by atoms with Crippen molar-refractivity contribution in [3.63, 3.8) is 0 Å². The van der Waals surface area contributed by atoms with Gasteiger partial charge in [0.25, 0.3) is 6.43 Å². The summed E-state index contributed by atoms with van der Waals surface area (Å²) in [4.78, 5) is 3.86. The fourth-order valence-electron chi connectivity index (χ4n) is 1.02. The Kier molecular flexibility index (Phi) is 4.65. The van der Waals surface area contributed by atoms with Crippen LogP contribution in [0.25, 0.3) is 0 Å². The molecular weight excluding hydrogens is 371 g/mol. The lowest BCUT2D eigenvalue weighted by molar-refractivity contribution is 0.148. The van der Waals surface area contributed by atoms with Crippen molar-refractivity contribution >= 4 is 38.5 Å². The van der Waals surface area contributed by atoms with E-state index in [1.54, 1.807) is 22.6 Å². The van der Waals surface area contributed by atoms with Gasteiger partial charge >= 0.3 is 0 Å². The summed E-state index contributed by atoms with van der Waals surface area (Å²) in [5.41, 5.74) is 0.668. The van der Waals surface area contributed by atoms with Crippen LogP contribution < -0.4 is 0 Å². The first-order valence-electron chi connectivity index (χ1n) is 3.73. The van der Waals surface area contributed by atoms with Crippen molar-refractivity contribution in [2.24, 2.45) is 0 Å². The molecular formula is C8H7BrF2INO. The van der Waals surface area contributed by atoms with Gasteiger partial charge in [0.2, 0.25) is 0 Å². The Morgan fingerprint density at radius 1 is 1.57 bits per heavy atom. The first-order valence-corrected chi connectivity index (χ1v) is 5.93. The fourth-order valence-corrected chi connectivity index (χ4v) is 2.32. The van der Waals surface area contributed by atoms with Crippen molar-refractivity contribution in [2.75, 3.05) is 0 Å². The largest absolute Gasteiger partial charge is 0.392 e. The zero-order chi connectivity index (χ0) is 10.7. The highest BCUT2D eigenvalue weighted by Crippen LogP contribution is 2.30. The van der Waals surface area contributed by atoms with Crippen LogP contribution in [-0.4, -0.2) is 10.1 Å². The van der Waals surface area contributed by atoms with E-state index < -0.39 is 6.43 Å². The molecule has 6 heteroatoms. The SMILES string of the molecule is OCc1cnc(CBr)c(C(F)F)c1I. The second kappa shape index (κ2) is 5.32. The van der Waals surface area contributed by atoms with Gasteiger partial charge in [-0.3, -0.25) is 4.98 Å². The van der Waals surface area contributed by atoms with E-state index >= 15 is 0 Å². The molecule has 1 N–H and O–H groups in total. The molecule has 1 aromatic rings. The van der Waals surface area contributed by atoms with E-state index in [-0.39, 0.29) is 17.5 Å². The number of aromatic nitrogens is 1. The Balaban J connectivity index is 3.31. The molecule has 0 saturated carbocycles. The predicted molar refractivity (Wildman–Crippen MR) is 60.5 cm³/mol. The highest BCUT2D eigenvalue weighted by Gasteiger charge is 2.19. The summed E-state index contributed by atoms with van der Waals surface area (Å²) in [6, 6.07) is 0. The summed E-state index contributed by atoms with van der Waals surface area (Å²) < 4.78 is 25.7. The Bertz CT molecular complexity index is 335. The van der Waals surface area contributed by atoms with E-state index in [0.29, 0.717) is 14.8 Å². The van der Waals surface area contributed by atoms with Crippen LogP contribution in [0.15, 0.2) is 6.20 Å². The average molecular weight is 378 g/mol. The molecule has 1 aromatic heterocycles. The third-order valence-electron chi connectivity index (χ3n) is 1.72. The first kappa shape index (κ1) is 12.3. The number of nitrogens with zero attached hydrogens (tertiary/aromatic N) is 1. The van der Waals surface area contributed by atoms with Crippen LogP contribution in [0.3, 0.4) is 0 Å². The van der Waals surface area contributed by atoms with Gasteiger partial charge in [-0.1, -0.05) is 15.9 Å². The molecule has 0 spiro atoms. The molecule has 14 heavy (non-hydrogen) atoms. The Hall–Kier alpha value is 0.180. The summed E-state index contributed by atoms with van der Waals surface area (Å²) in [6.45, 7) is -0.270. The molecule has 0 aromatic carbocycles. The highest BCUT2D eigenvalue weighted by atomic mass is 127. The molecule has 78 valence electrons. The number of hydrogen-bond donors (Lipinski definition) is 1. The number of aliphatic hydroxyl groups is 1. The number of halogens is 4. The molecule has 2 nitrogen and oxygen atoms in total. The van der Waals surface area contributed by atoms with Crippen molar-refractivity contribution in [1.82, 2.24) is 4.98 Å². The minimum absolute atomic E-state index is 0.0889. The van der Waals surface area contributed by atoms with Crippen molar-refractivity contribution in [3.05, 3.63) is 26.6 Å². The quantitative estimate of drug-likeness (QED) is 0.648. The third kappa shape index (κ3) is 2.40. The second-order valence-electron chi connectivity index (χ2n) is 2.55. The summed E-state index contributed by atoms with van der Waals surface area (Å²) >= 11 is 4.90. The van der Waals surface area contributed by atoms with Gasteiger partial charge in [-0.25, -0.2) is 8.78 Å². The summed E-state index contributed by atoms with van der Waals surface area (Å²) in [5, 5.41) is 9.17. The fraction of sp³-hybridized carbons (Fsp3) is 0.375. The molecule has 0 aliphatic rings. The first-order chi connectivity index (χ1) is 6.61. The molecule has 1 rings (SSSR count). The van der Waals surface area contributed by atoms with Crippen molar-refractivity contribution in [1.29, 1.82) is 0 Å². The number of rotatable bonds is 3. The van der Waals surface area contributed by atoms with Crippen LogP contribution in [0.1, 0.15) is 23.2 Å². The second-order valence-corrected chi connectivity index (χ2v) is 4.19. The van der Waals surface area contributed by atoms with Gasteiger partial charge < -0.3 is 5.11 Å². The van der Waals surface area contributed by atoms with Gasteiger partial charge in [0.1, 0.15) is 0 Å². The minimum Gasteiger partial charge on any atom is -0.392 e. The zero-order valence-corrected chi connectivity index (χ0v) is 10.7. The van der Waals surface area contributed by atoms with E-state index in [4.69, 9.17) is 5.11 Å². The van der Waals surface area contributed by atoms with Crippen LogP contribution >= 0.6 is 38.5 Å². The van der Waals surface area contributed by atoms with Crippen LogP contribution in [0.5, 0.6) is 0 Å². The summed E-state index contributed by atoms with van der Waals surface area (Å²) in [5.74, 6) is 0. The van der Waals surface area contributed by atoms with E-state index in [9.17, 15) is 8.78 Å². The van der Waals surface area contributed by atoms with Crippen LogP contribution in [0.4, 0.5) is 8.78 Å². The summed E-state index contributed by atoms with van der Waals surface area (Å²) in [6.07, 6.45) is -1.14. The van der Waals surface area contributed by atoms with E-state index in [2.05, 4.69) is 20.9 Å². The zero-order valence-electron chi connectivity index (χ0n) is 6.98. The van der Waals surface area contributed by atoms with Gasteiger partial charge in [0.05, 0.1) is 17.9 Å². The molecule has 0 saturated heterocycles. The van der Waals surface area contributed by atoms with E-state index in [1.165, 1.54) is 6.20 Å². The molecule has 0 aliphatic carbocycles. The van der Waals surface area contributed by atoms with Crippen molar-refractivity contribution < 1.29 is 13.9 Å². The number of pyridine rings is 1. The third-order valence-corrected chi connectivity index (χ3v) is 3.53. The Morgan fingerprint density at radius 3 is 2.64 bits per heavy atom. The van der Waals surface area contributed by atoms with Gasteiger partial charge in [0, 0.05) is 20.7 Å². The lowest BCUT2D eigenvalue weighted by atomic mass is 10.1. The molecule has 0 fully saturated rings. The smallest absolute Gasteiger partial charge is 0.266 e. The molecule has 1 heterocycles. The van der Waals surface area contributed by atoms with Crippen molar-refractivity contribution in [3.8, 4) is 0 Å². The molecule has 0 radical (unpaired) electrons. The lowest BCUT2D eigenvalue weighted by Crippen LogP contribution is -2.03. The maximum atomic E-state index is 12.6. The topological polar surface area (TPSA) is 33.1 Å². The minimum atomic E-state index is -2.56. The van der Waals surface area contributed by atoms with Gasteiger partial charge in [0.15, 0.2) is 0 Å². The van der Waals surface area contributed by atoms with Crippen LogP contribution in [0.2, 0.25) is 0 Å². The molecule has 0 amide bonds. The number of alkyl halides is 3. The molecule has 0 unspecified atom stereocenters. The standard InChI is InChI=1S/C8H7BrF2INO/c9-1-5-6(8(10)11)7(12)4(3-14)2-13-5/h2,8,14H,1,3H2. The Morgan fingerprint density at radius 2 is 2.21 bits per heavy atom. The van der Waals surface area contributed by atoms with Crippen LogP contribution in [0, 0.1) is 3.57 Å². The number of aliphatic hydroxyl groups excluding tert-OH is 1. The summed E-state index contributed by atoms with van der Waals surface area (Å²) in [7, 11) is 0. The average Bonchev–Trinajstić information content (AvgIpc) is 2.16. The number of hydrogen-bond acceptors (Lipinski definition) is 2. The Labute approximate surface area is 102 Å². The van der Waals surface area contributed by atoms with Crippen molar-refractivity contribution in [2.45, 2.75) is 18.4 Å². The highest BCUT2D eigenvalue weighted by molar-refractivity contribution is 14.1. The predicted octanol–water partition coefficient (Wildman–Crippen LogP) is 3.01. The van der Waals surface area contributed by atoms with Gasteiger partial charge in [-0.15, -0.1) is 0 Å². The maximum absolute atomic E-state index is 12.6. The van der Waals surface area contributed by atoms with Crippen LogP contribution in [-0.2, 0) is 11.9 Å². The molecule has 0 atom stereocenters. The lowest BCUT2D eigenvalue weighted by Gasteiger charge is -2.10. The normalized spacial score (nSPS) is 11.0. The molecule has 0 bridgehead atoms. The van der Waals surface area contributed by atoms with E-state index in [0.717, 1.165) is 0 Å². The monoisotopic (exact) mass is 377 g/mol. The van der Waals surface area contributed by atoms with Gasteiger partial charge in [-0.05, 0) is 22.6 Å². The maximum Gasteiger partial charge on any atom is 0.266 e. The van der Waals surface area contributed by atoms with E-state index in [1.807, 2.05) is 0 Å². The molecule has 0 aliphatic heterocycles. The van der Waals surface area contributed by atoms with Gasteiger partial charge in [-0.2, -0.15) is 0 Å².